The molecule has 36 heavy (non-hydrogen) atoms. The standard InChI is InChI=1S/C15H14Cl3F3N2O2.C7H4F4/c1-7(15(19,20)21)4-12(24)23-11-5-8(2-3-10(11)16)22-13(25)9-6-14(9,17)18;8-6-4-2-1-3-5(6)7(9,10)11/h2-3,5,7,9H,4,6H2,1H3,(H,22,25)(H,23,24);1-4H. The Morgan fingerprint density at radius 2 is 1.64 bits per heavy atom. The van der Waals surface area contributed by atoms with Crippen molar-refractivity contribution in [3.8, 4) is 0 Å². The van der Waals surface area contributed by atoms with Crippen molar-refractivity contribution in [2.24, 2.45) is 11.8 Å². The number of hydrogen-bond acceptors (Lipinski definition) is 2. The van der Waals surface area contributed by atoms with Crippen LogP contribution in [0.3, 0.4) is 0 Å². The smallest absolute Gasteiger partial charge is 0.326 e. The second-order valence-corrected chi connectivity index (χ2v) is 9.82. The van der Waals surface area contributed by atoms with E-state index in [-0.39, 0.29) is 10.7 Å². The number of halogens is 10. The van der Waals surface area contributed by atoms with E-state index in [0.717, 1.165) is 19.1 Å². The third kappa shape index (κ3) is 8.70. The average molecular weight is 582 g/mol. The summed E-state index contributed by atoms with van der Waals surface area (Å²) in [4.78, 5) is 23.7. The zero-order valence-corrected chi connectivity index (χ0v) is 20.5. The minimum Gasteiger partial charge on any atom is -0.326 e. The van der Waals surface area contributed by atoms with Gasteiger partial charge < -0.3 is 10.6 Å². The van der Waals surface area contributed by atoms with Crippen LogP contribution in [0.15, 0.2) is 42.5 Å². The molecule has 4 nitrogen and oxygen atoms in total. The second-order valence-electron chi connectivity index (χ2n) is 7.87. The van der Waals surface area contributed by atoms with Gasteiger partial charge in [-0.1, -0.05) is 30.7 Å². The van der Waals surface area contributed by atoms with Gasteiger partial charge in [-0.05, 0) is 36.8 Å². The molecule has 1 aliphatic carbocycles. The molecule has 0 saturated heterocycles. The van der Waals surface area contributed by atoms with E-state index in [9.17, 15) is 40.3 Å². The van der Waals surface area contributed by atoms with Gasteiger partial charge in [-0.3, -0.25) is 9.59 Å². The zero-order chi connectivity index (χ0) is 27.5. The molecule has 0 heterocycles. The summed E-state index contributed by atoms with van der Waals surface area (Å²) in [7, 11) is 0. The molecule has 0 spiro atoms. The van der Waals surface area contributed by atoms with Gasteiger partial charge in [0.25, 0.3) is 0 Å². The van der Waals surface area contributed by atoms with Crippen LogP contribution in [0.4, 0.5) is 42.1 Å². The van der Waals surface area contributed by atoms with E-state index >= 15 is 0 Å². The van der Waals surface area contributed by atoms with E-state index in [1.165, 1.54) is 24.3 Å². The lowest BCUT2D eigenvalue weighted by Gasteiger charge is -2.16. The molecular weight excluding hydrogens is 564 g/mol. The molecule has 2 atom stereocenters. The number of anilines is 2. The fourth-order valence-corrected chi connectivity index (χ4v) is 3.38. The van der Waals surface area contributed by atoms with Crippen molar-refractivity contribution in [2.45, 2.75) is 36.5 Å². The number of carbonyl (C=O) groups excluding carboxylic acids is 2. The monoisotopic (exact) mass is 580 g/mol. The molecule has 2 aromatic carbocycles. The summed E-state index contributed by atoms with van der Waals surface area (Å²) in [6.07, 6.45) is -9.46. The fraction of sp³-hybridized carbons (Fsp3) is 0.364. The summed E-state index contributed by atoms with van der Waals surface area (Å²) in [5.74, 6) is -4.80. The Labute approximate surface area is 216 Å². The lowest BCUT2D eigenvalue weighted by atomic mass is 10.1. The number of alkyl halides is 8. The molecule has 14 heteroatoms. The largest absolute Gasteiger partial charge is 0.419 e. The van der Waals surface area contributed by atoms with Crippen LogP contribution in [0.25, 0.3) is 0 Å². The van der Waals surface area contributed by atoms with Crippen LogP contribution in [-0.4, -0.2) is 22.3 Å². The van der Waals surface area contributed by atoms with Crippen LogP contribution >= 0.6 is 34.8 Å². The molecule has 198 valence electrons. The third-order valence-corrected chi connectivity index (χ3v) is 6.05. The van der Waals surface area contributed by atoms with Crippen molar-refractivity contribution in [2.75, 3.05) is 10.6 Å². The number of carbonyl (C=O) groups is 2. The number of rotatable bonds is 5. The van der Waals surface area contributed by atoms with E-state index in [0.29, 0.717) is 18.2 Å². The highest BCUT2D eigenvalue weighted by Gasteiger charge is 2.56. The predicted molar refractivity (Wildman–Crippen MR) is 122 cm³/mol. The molecule has 2 N–H and O–H groups in total. The van der Waals surface area contributed by atoms with E-state index in [4.69, 9.17) is 34.8 Å². The topological polar surface area (TPSA) is 58.2 Å². The van der Waals surface area contributed by atoms with Crippen LogP contribution in [0.5, 0.6) is 0 Å². The average Bonchev–Trinajstić information content (AvgIpc) is 3.38. The van der Waals surface area contributed by atoms with Gasteiger partial charge >= 0.3 is 12.4 Å². The Kier molecular flexibility index (Phi) is 9.52. The van der Waals surface area contributed by atoms with Gasteiger partial charge in [0.2, 0.25) is 11.8 Å². The first kappa shape index (κ1) is 30.0. The normalized spacial score (nSPS) is 17.4. The van der Waals surface area contributed by atoms with Gasteiger partial charge in [-0.2, -0.15) is 26.3 Å². The minimum atomic E-state index is -4.59. The molecule has 0 radical (unpaired) electrons. The van der Waals surface area contributed by atoms with Crippen molar-refractivity contribution < 1.29 is 40.3 Å². The molecule has 3 rings (SSSR count). The van der Waals surface area contributed by atoms with Gasteiger partial charge in [-0.25, -0.2) is 4.39 Å². The first-order valence-corrected chi connectivity index (χ1v) is 11.2. The molecule has 2 aromatic rings. The van der Waals surface area contributed by atoms with Crippen LogP contribution in [0.2, 0.25) is 5.02 Å². The molecule has 2 unspecified atom stereocenters. The Bertz CT molecular complexity index is 1110. The summed E-state index contributed by atoms with van der Waals surface area (Å²) < 4.78 is 84.2. The zero-order valence-electron chi connectivity index (χ0n) is 18.2. The van der Waals surface area contributed by atoms with Crippen LogP contribution < -0.4 is 10.6 Å². The van der Waals surface area contributed by atoms with Gasteiger partial charge in [0.1, 0.15) is 10.2 Å². The van der Waals surface area contributed by atoms with E-state index in [1.54, 1.807) is 0 Å². The fourth-order valence-electron chi connectivity index (χ4n) is 2.71. The van der Waals surface area contributed by atoms with Crippen molar-refractivity contribution in [3.63, 3.8) is 0 Å². The van der Waals surface area contributed by atoms with Gasteiger partial charge in [-0.15, -0.1) is 23.2 Å². The highest BCUT2D eigenvalue weighted by atomic mass is 35.5. The molecule has 2 amide bonds. The quantitative estimate of drug-likeness (QED) is 0.279. The van der Waals surface area contributed by atoms with Crippen molar-refractivity contribution in [3.05, 3.63) is 58.9 Å². The third-order valence-electron chi connectivity index (χ3n) is 4.88. The lowest BCUT2D eigenvalue weighted by Crippen LogP contribution is -2.25. The maximum Gasteiger partial charge on any atom is 0.419 e. The summed E-state index contributed by atoms with van der Waals surface area (Å²) in [5.41, 5.74) is -0.817. The SMILES string of the molecule is CC(CC(=O)Nc1cc(NC(=O)C2CC2(Cl)Cl)ccc1Cl)C(F)(F)F.Fc1ccccc1C(F)(F)F. The Hall–Kier alpha value is -2.24. The van der Waals surface area contributed by atoms with Crippen LogP contribution in [0.1, 0.15) is 25.3 Å². The summed E-state index contributed by atoms with van der Waals surface area (Å²) in [6.45, 7) is 0.915. The summed E-state index contributed by atoms with van der Waals surface area (Å²) in [5, 5.41) is 5.01. The Morgan fingerprint density at radius 3 is 2.11 bits per heavy atom. The van der Waals surface area contributed by atoms with Crippen molar-refractivity contribution in [1.82, 2.24) is 0 Å². The van der Waals surface area contributed by atoms with Crippen LogP contribution in [0, 0.1) is 17.7 Å². The van der Waals surface area contributed by atoms with Crippen molar-refractivity contribution >= 4 is 58.0 Å². The predicted octanol–water partition coefficient (Wildman–Crippen LogP) is 7.84. The first-order chi connectivity index (χ1) is 16.4. The number of amides is 2. The highest BCUT2D eigenvalue weighted by molar-refractivity contribution is 6.52. The highest BCUT2D eigenvalue weighted by Crippen LogP contribution is 2.53. The Morgan fingerprint density at radius 1 is 1.06 bits per heavy atom. The summed E-state index contributed by atoms with van der Waals surface area (Å²) >= 11 is 17.6. The number of nitrogens with one attached hydrogen (secondary N) is 2. The maximum absolute atomic E-state index is 12.5. The molecular formula is C22H18Cl3F7N2O2. The molecule has 0 aromatic heterocycles. The van der Waals surface area contributed by atoms with Crippen molar-refractivity contribution in [1.29, 1.82) is 0 Å². The number of benzene rings is 2. The van der Waals surface area contributed by atoms with E-state index in [2.05, 4.69) is 10.6 Å². The number of hydrogen-bond donors (Lipinski definition) is 2. The lowest BCUT2D eigenvalue weighted by molar-refractivity contribution is -0.173. The summed E-state index contributed by atoms with van der Waals surface area (Å²) in [6, 6.07) is 8.08. The molecule has 1 saturated carbocycles. The second kappa shape index (κ2) is 11.4. The minimum absolute atomic E-state index is 0.0950. The first-order valence-electron chi connectivity index (χ1n) is 10.1. The van der Waals surface area contributed by atoms with Crippen LogP contribution in [-0.2, 0) is 15.8 Å². The maximum atomic E-state index is 12.5. The van der Waals surface area contributed by atoms with E-state index < -0.39 is 58.1 Å². The molecule has 0 bridgehead atoms. The Balaban J connectivity index is 0.000000346. The molecule has 0 aliphatic heterocycles. The molecule has 1 fully saturated rings. The molecule has 1 aliphatic rings. The van der Waals surface area contributed by atoms with Gasteiger partial charge in [0, 0.05) is 12.1 Å². The van der Waals surface area contributed by atoms with Gasteiger partial charge in [0.05, 0.1) is 28.1 Å². The van der Waals surface area contributed by atoms with Gasteiger partial charge in [0.15, 0.2) is 0 Å². The van der Waals surface area contributed by atoms with E-state index in [1.807, 2.05) is 0 Å².